The summed E-state index contributed by atoms with van der Waals surface area (Å²) in [5.41, 5.74) is -1.40. The highest BCUT2D eigenvalue weighted by atomic mass is 19.4. The number of alkyl halides is 3. The van der Waals surface area contributed by atoms with Gasteiger partial charge in [-0.3, -0.25) is 4.79 Å². The van der Waals surface area contributed by atoms with E-state index in [-0.39, 0.29) is 17.5 Å². The van der Waals surface area contributed by atoms with Gasteiger partial charge in [-0.05, 0) is 25.0 Å². The van der Waals surface area contributed by atoms with Gasteiger partial charge < -0.3 is 4.74 Å². The number of benzene rings is 1. The molecule has 1 aliphatic heterocycles. The Labute approximate surface area is 113 Å². The molecule has 2 nitrogen and oxygen atoms in total. The Balaban J connectivity index is 2.26. The minimum Gasteiger partial charge on any atom is -0.377 e. The number of hydrogen-bond acceptors (Lipinski definition) is 2. The summed E-state index contributed by atoms with van der Waals surface area (Å²) in [6, 6.07) is 2.30. The Morgan fingerprint density at radius 1 is 1.40 bits per heavy atom. The van der Waals surface area contributed by atoms with Gasteiger partial charge in [0.25, 0.3) is 0 Å². The zero-order valence-electron chi connectivity index (χ0n) is 10.8. The average Bonchev–Trinajstić information content (AvgIpc) is 2.84. The fourth-order valence-corrected chi connectivity index (χ4v) is 2.46. The third-order valence-electron chi connectivity index (χ3n) is 3.51. The van der Waals surface area contributed by atoms with E-state index in [4.69, 9.17) is 4.74 Å². The number of carbonyl (C=O) groups excluding carboxylic acids is 1. The van der Waals surface area contributed by atoms with Crippen molar-refractivity contribution in [3.63, 3.8) is 0 Å². The van der Waals surface area contributed by atoms with Crippen molar-refractivity contribution in [1.29, 1.82) is 0 Å². The van der Waals surface area contributed by atoms with E-state index in [1.54, 1.807) is 0 Å². The van der Waals surface area contributed by atoms with Crippen LogP contribution in [0.1, 0.15) is 35.7 Å². The third-order valence-corrected chi connectivity index (χ3v) is 3.51. The second kappa shape index (κ2) is 5.52. The van der Waals surface area contributed by atoms with Gasteiger partial charge in [-0.25, -0.2) is 4.39 Å². The summed E-state index contributed by atoms with van der Waals surface area (Å²) >= 11 is 0. The second-order valence-corrected chi connectivity index (χ2v) is 4.77. The SMILES string of the molecule is CCC1OCCC1C(=O)c1ccc(C(F)(F)F)c(F)c1. The van der Waals surface area contributed by atoms with Crippen molar-refractivity contribution in [1.82, 2.24) is 0 Å². The lowest BCUT2D eigenvalue weighted by Gasteiger charge is -2.16. The van der Waals surface area contributed by atoms with Crippen LogP contribution in [0.5, 0.6) is 0 Å². The first-order valence-corrected chi connectivity index (χ1v) is 6.37. The predicted molar refractivity (Wildman–Crippen MR) is 63.9 cm³/mol. The van der Waals surface area contributed by atoms with Crippen LogP contribution in [0.4, 0.5) is 17.6 Å². The number of rotatable bonds is 3. The highest BCUT2D eigenvalue weighted by Gasteiger charge is 2.36. The van der Waals surface area contributed by atoms with Crippen molar-refractivity contribution >= 4 is 5.78 Å². The van der Waals surface area contributed by atoms with Gasteiger partial charge in [0.2, 0.25) is 0 Å². The molecule has 1 saturated heterocycles. The molecule has 0 N–H and O–H groups in total. The van der Waals surface area contributed by atoms with E-state index in [1.165, 1.54) is 0 Å². The van der Waals surface area contributed by atoms with Gasteiger partial charge in [-0.1, -0.05) is 13.0 Å². The second-order valence-electron chi connectivity index (χ2n) is 4.77. The normalized spacial score (nSPS) is 23.1. The molecule has 20 heavy (non-hydrogen) atoms. The summed E-state index contributed by atoms with van der Waals surface area (Å²) in [6.45, 7) is 2.31. The molecule has 2 rings (SSSR count). The summed E-state index contributed by atoms with van der Waals surface area (Å²) in [7, 11) is 0. The lowest BCUT2D eigenvalue weighted by Crippen LogP contribution is -2.24. The molecule has 1 fully saturated rings. The number of hydrogen-bond donors (Lipinski definition) is 0. The van der Waals surface area contributed by atoms with Crippen molar-refractivity contribution in [2.45, 2.75) is 32.0 Å². The molecular weight excluding hydrogens is 276 g/mol. The maximum atomic E-state index is 13.5. The largest absolute Gasteiger partial charge is 0.419 e. The van der Waals surface area contributed by atoms with Crippen LogP contribution in [-0.2, 0) is 10.9 Å². The molecule has 1 heterocycles. The van der Waals surface area contributed by atoms with Crippen molar-refractivity contribution in [3.8, 4) is 0 Å². The molecule has 0 saturated carbocycles. The molecule has 110 valence electrons. The lowest BCUT2D eigenvalue weighted by molar-refractivity contribution is -0.140. The van der Waals surface area contributed by atoms with Crippen LogP contribution in [0, 0.1) is 11.7 Å². The first-order valence-electron chi connectivity index (χ1n) is 6.37. The maximum absolute atomic E-state index is 13.5. The molecule has 0 amide bonds. The summed E-state index contributed by atoms with van der Waals surface area (Å²) in [5, 5.41) is 0. The van der Waals surface area contributed by atoms with E-state index in [0.29, 0.717) is 31.6 Å². The van der Waals surface area contributed by atoms with Gasteiger partial charge in [0.1, 0.15) is 5.82 Å². The zero-order chi connectivity index (χ0) is 14.9. The van der Waals surface area contributed by atoms with Gasteiger partial charge in [0.05, 0.1) is 17.6 Å². The molecule has 0 radical (unpaired) electrons. The van der Waals surface area contributed by atoms with E-state index < -0.39 is 23.5 Å². The Kier molecular flexibility index (Phi) is 4.13. The maximum Gasteiger partial charge on any atom is 0.419 e. The van der Waals surface area contributed by atoms with Crippen LogP contribution in [0.2, 0.25) is 0 Å². The molecule has 1 aromatic carbocycles. The Hall–Kier alpha value is -1.43. The fourth-order valence-electron chi connectivity index (χ4n) is 2.46. The highest BCUT2D eigenvalue weighted by molar-refractivity contribution is 5.98. The number of carbonyl (C=O) groups is 1. The summed E-state index contributed by atoms with van der Waals surface area (Å²) in [4.78, 5) is 12.2. The molecule has 1 aliphatic rings. The highest BCUT2D eigenvalue weighted by Crippen LogP contribution is 2.33. The van der Waals surface area contributed by atoms with Crippen LogP contribution in [-0.4, -0.2) is 18.5 Å². The van der Waals surface area contributed by atoms with Crippen molar-refractivity contribution in [3.05, 3.63) is 35.1 Å². The molecular formula is C14H14F4O2. The molecule has 6 heteroatoms. The summed E-state index contributed by atoms with van der Waals surface area (Å²) < 4.78 is 56.2. The van der Waals surface area contributed by atoms with E-state index in [9.17, 15) is 22.4 Å². The van der Waals surface area contributed by atoms with Crippen LogP contribution in [0.3, 0.4) is 0 Å². The van der Waals surface area contributed by atoms with Crippen molar-refractivity contribution < 1.29 is 27.1 Å². The number of Topliss-reactive ketones (excluding diaryl/α,β-unsaturated/α-hetero) is 1. The van der Waals surface area contributed by atoms with Gasteiger partial charge in [0.15, 0.2) is 5.78 Å². The molecule has 2 atom stereocenters. The fraction of sp³-hybridized carbons (Fsp3) is 0.500. The Morgan fingerprint density at radius 2 is 2.10 bits per heavy atom. The molecule has 1 aromatic rings. The molecule has 2 unspecified atom stereocenters. The first-order chi connectivity index (χ1) is 9.34. The molecule has 0 aliphatic carbocycles. The summed E-state index contributed by atoms with van der Waals surface area (Å²) in [5.74, 6) is -2.19. The van der Waals surface area contributed by atoms with Crippen LogP contribution in [0.15, 0.2) is 18.2 Å². The Bertz CT molecular complexity index is 510. The van der Waals surface area contributed by atoms with E-state index >= 15 is 0 Å². The van der Waals surface area contributed by atoms with Crippen molar-refractivity contribution in [2.75, 3.05) is 6.61 Å². The van der Waals surface area contributed by atoms with Gasteiger partial charge in [-0.2, -0.15) is 13.2 Å². The first kappa shape index (κ1) is 15.0. The minimum absolute atomic E-state index is 0.0375. The number of ether oxygens (including phenoxy) is 1. The minimum atomic E-state index is -4.76. The van der Waals surface area contributed by atoms with Crippen LogP contribution in [0.25, 0.3) is 0 Å². The van der Waals surface area contributed by atoms with E-state index in [0.717, 1.165) is 6.07 Å². The van der Waals surface area contributed by atoms with Gasteiger partial charge in [-0.15, -0.1) is 0 Å². The zero-order valence-corrected chi connectivity index (χ0v) is 10.8. The topological polar surface area (TPSA) is 26.3 Å². The molecule has 0 spiro atoms. The average molecular weight is 290 g/mol. The molecule has 0 aromatic heterocycles. The predicted octanol–water partition coefficient (Wildman–Crippen LogP) is 3.84. The van der Waals surface area contributed by atoms with E-state index in [1.807, 2.05) is 6.92 Å². The quantitative estimate of drug-likeness (QED) is 0.624. The Morgan fingerprint density at radius 3 is 2.65 bits per heavy atom. The van der Waals surface area contributed by atoms with Crippen molar-refractivity contribution in [2.24, 2.45) is 5.92 Å². The van der Waals surface area contributed by atoms with Crippen LogP contribution < -0.4 is 0 Å². The van der Waals surface area contributed by atoms with E-state index in [2.05, 4.69) is 0 Å². The lowest BCUT2D eigenvalue weighted by atomic mass is 9.90. The van der Waals surface area contributed by atoms with Gasteiger partial charge >= 0.3 is 6.18 Å². The smallest absolute Gasteiger partial charge is 0.377 e. The van der Waals surface area contributed by atoms with Gasteiger partial charge in [0, 0.05) is 12.2 Å². The molecule has 0 bridgehead atoms. The number of halogens is 4. The number of ketones is 1. The monoisotopic (exact) mass is 290 g/mol. The van der Waals surface area contributed by atoms with Crippen LogP contribution >= 0.6 is 0 Å². The standard InChI is InChI=1S/C14H14F4O2/c1-2-12-9(5-6-20-12)13(19)8-3-4-10(11(15)7-8)14(16,17)18/h3-4,7,9,12H,2,5-6H2,1H3. The summed E-state index contributed by atoms with van der Waals surface area (Å²) in [6.07, 6.45) is -3.85. The third kappa shape index (κ3) is 2.85.